The molecular formula is C16H21FN3O8P. The van der Waals surface area contributed by atoms with E-state index in [1.165, 1.54) is 12.1 Å². The van der Waals surface area contributed by atoms with E-state index in [0.29, 0.717) is 4.67 Å². The van der Waals surface area contributed by atoms with Crippen LogP contribution in [0.5, 0.6) is 0 Å². The Morgan fingerprint density at radius 1 is 1.45 bits per heavy atom. The van der Waals surface area contributed by atoms with Crippen molar-refractivity contribution in [2.45, 2.75) is 20.0 Å². The molecule has 0 saturated carbocycles. The number of anilines is 2. The number of nitrogens with zero attached hydrogens (tertiary/aromatic N) is 2. The molecule has 160 valence electrons. The highest BCUT2D eigenvalue weighted by molar-refractivity contribution is 7.51. The second-order valence-corrected chi connectivity index (χ2v) is 7.75. The van der Waals surface area contributed by atoms with Gasteiger partial charge in [-0.15, -0.1) is 0 Å². The fraction of sp³-hybridized carbons (Fsp3) is 0.438. The minimum Gasteiger partial charge on any atom is -0.442 e. The lowest BCUT2D eigenvalue weighted by Crippen LogP contribution is -2.36. The van der Waals surface area contributed by atoms with Gasteiger partial charge in [0.15, 0.2) is 0 Å². The molecule has 1 heterocycles. The Hall–Kier alpha value is -2.69. The van der Waals surface area contributed by atoms with E-state index in [4.69, 9.17) is 9.84 Å². The number of aliphatic hydroxyl groups is 1. The quantitative estimate of drug-likeness (QED) is 0.512. The van der Waals surface area contributed by atoms with Gasteiger partial charge in [-0.1, -0.05) is 0 Å². The predicted molar refractivity (Wildman–Crippen MR) is 98.6 cm³/mol. The van der Waals surface area contributed by atoms with E-state index in [1.54, 1.807) is 0 Å². The Morgan fingerprint density at radius 3 is 2.69 bits per heavy atom. The van der Waals surface area contributed by atoms with E-state index in [2.05, 4.69) is 9.84 Å². The predicted octanol–water partition coefficient (Wildman–Crippen LogP) is 1.07. The summed E-state index contributed by atoms with van der Waals surface area (Å²) in [6.45, 7) is 1.23. The zero-order chi connectivity index (χ0) is 21.8. The number of halogens is 1. The van der Waals surface area contributed by atoms with Gasteiger partial charge in [0, 0.05) is 20.4 Å². The number of hydrogen-bond acceptors (Lipinski definition) is 8. The van der Waals surface area contributed by atoms with Crippen LogP contribution in [0.1, 0.15) is 13.8 Å². The largest absolute Gasteiger partial charge is 0.490 e. The second-order valence-electron chi connectivity index (χ2n) is 6.11. The summed E-state index contributed by atoms with van der Waals surface area (Å²) in [6, 6.07) is 3.91. The Labute approximate surface area is 165 Å². The first-order valence-electron chi connectivity index (χ1n) is 8.49. The third-order valence-electron chi connectivity index (χ3n) is 3.86. The van der Waals surface area contributed by atoms with Crippen LogP contribution >= 0.6 is 7.75 Å². The molecule has 0 bridgehead atoms. The molecule has 1 unspecified atom stereocenters. The smallest absolute Gasteiger partial charge is 0.442 e. The maximum absolute atomic E-state index is 14.2. The molecule has 0 aromatic heterocycles. The highest BCUT2D eigenvalue weighted by Gasteiger charge is 2.41. The van der Waals surface area contributed by atoms with E-state index < -0.39 is 44.2 Å². The molecular weight excluding hydrogens is 412 g/mol. The van der Waals surface area contributed by atoms with Gasteiger partial charge in [-0.25, -0.2) is 18.4 Å². The number of benzene rings is 1. The molecule has 29 heavy (non-hydrogen) atoms. The Morgan fingerprint density at radius 2 is 2.14 bits per heavy atom. The number of amides is 2. The van der Waals surface area contributed by atoms with Gasteiger partial charge in [-0.3, -0.25) is 19.4 Å². The lowest BCUT2D eigenvalue weighted by atomic mass is 10.2. The van der Waals surface area contributed by atoms with Crippen molar-refractivity contribution in [2.75, 3.05) is 36.5 Å². The summed E-state index contributed by atoms with van der Waals surface area (Å²) >= 11 is 0. The second kappa shape index (κ2) is 9.21. The fourth-order valence-electron chi connectivity index (χ4n) is 2.65. The van der Waals surface area contributed by atoms with Gasteiger partial charge in [0.2, 0.25) is 5.91 Å². The Balaban J connectivity index is 2.13. The number of nitrogens with one attached hydrogen (secondary N) is 1. The molecule has 2 atom stereocenters. The minimum absolute atomic E-state index is 0.133. The van der Waals surface area contributed by atoms with Crippen molar-refractivity contribution in [3.05, 3.63) is 24.0 Å². The lowest BCUT2D eigenvalue weighted by Gasteiger charge is -2.26. The van der Waals surface area contributed by atoms with Crippen LogP contribution in [0.3, 0.4) is 0 Å². The molecule has 2 rings (SSSR count). The molecule has 13 heteroatoms. The minimum atomic E-state index is -4.77. The van der Waals surface area contributed by atoms with E-state index in [0.717, 1.165) is 24.8 Å². The van der Waals surface area contributed by atoms with Crippen molar-refractivity contribution in [3.8, 4) is 0 Å². The number of rotatable bonds is 8. The highest BCUT2D eigenvalue weighted by Crippen LogP contribution is 2.47. The summed E-state index contributed by atoms with van der Waals surface area (Å²) in [4.78, 5) is 45.8. The summed E-state index contributed by atoms with van der Waals surface area (Å²) in [5.41, 5.74) is 0.309. The monoisotopic (exact) mass is 433 g/mol. The summed E-state index contributed by atoms with van der Waals surface area (Å²) in [7, 11) is -4.77. The summed E-state index contributed by atoms with van der Waals surface area (Å²) in [5, 5.41) is 11.4. The average molecular weight is 433 g/mol. The van der Waals surface area contributed by atoms with E-state index in [-0.39, 0.29) is 31.1 Å². The van der Waals surface area contributed by atoms with Crippen LogP contribution in [0.2, 0.25) is 0 Å². The van der Waals surface area contributed by atoms with Crippen molar-refractivity contribution in [3.63, 3.8) is 0 Å². The molecule has 3 N–H and O–H groups in total. The SMILES string of the molecule is CC(=O)OP(=O)(O)N(C[C@H]1CN(c2ccc(NCCO)c(F)c2)C(=O)O1)C(C)=O. The first kappa shape index (κ1) is 22.6. The van der Waals surface area contributed by atoms with Gasteiger partial charge in [0.25, 0.3) is 0 Å². The van der Waals surface area contributed by atoms with Crippen LogP contribution < -0.4 is 10.2 Å². The summed E-state index contributed by atoms with van der Waals surface area (Å²) in [6.07, 6.45) is -1.85. The molecule has 2 amide bonds. The number of ether oxygens (including phenoxy) is 1. The number of carbonyl (C=O) groups is 3. The molecule has 1 aliphatic rings. The zero-order valence-electron chi connectivity index (χ0n) is 15.7. The van der Waals surface area contributed by atoms with Gasteiger partial charge in [0.1, 0.15) is 11.9 Å². The number of aliphatic hydroxyl groups excluding tert-OH is 1. The first-order chi connectivity index (χ1) is 13.5. The number of cyclic esters (lactones) is 1. The fourth-order valence-corrected chi connectivity index (χ4v) is 3.83. The van der Waals surface area contributed by atoms with Gasteiger partial charge < -0.3 is 19.7 Å². The van der Waals surface area contributed by atoms with Gasteiger partial charge in [0.05, 0.1) is 31.1 Å². The molecule has 0 radical (unpaired) electrons. The van der Waals surface area contributed by atoms with Crippen molar-refractivity contribution >= 4 is 37.1 Å². The molecule has 1 aromatic rings. The van der Waals surface area contributed by atoms with Gasteiger partial charge >= 0.3 is 19.8 Å². The van der Waals surface area contributed by atoms with Crippen LogP contribution in [0, 0.1) is 5.82 Å². The molecule has 11 nitrogen and oxygen atoms in total. The van der Waals surface area contributed by atoms with E-state index in [9.17, 15) is 28.2 Å². The van der Waals surface area contributed by atoms with Crippen molar-refractivity contribution < 1.29 is 42.6 Å². The Bertz CT molecular complexity index is 851. The lowest BCUT2D eigenvalue weighted by molar-refractivity contribution is -0.134. The molecule has 1 saturated heterocycles. The molecule has 0 spiro atoms. The maximum Gasteiger partial charge on any atom is 0.490 e. The summed E-state index contributed by atoms with van der Waals surface area (Å²) < 4.78 is 36.1. The van der Waals surface area contributed by atoms with Gasteiger partial charge in [-0.05, 0) is 18.2 Å². The van der Waals surface area contributed by atoms with Crippen molar-refractivity contribution in [1.82, 2.24) is 4.67 Å². The third-order valence-corrected chi connectivity index (χ3v) is 5.41. The first-order valence-corrected chi connectivity index (χ1v) is 10.0. The van der Waals surface area contributed by atoms with E-state index in [1.807, 2.05) is 0 Å². The molecule has 0 aliphatic carbocycles. The number of hydrogen-bond donors (Lipinski definition) is 3. The zero-order valence-corrected chi connectivity index (χ0v) is 16.6. The number of carbonyl (C=O) groups excluding carboxylic acids is 3. The molecule has 1 aliphatic heterocycles. The van der Waals surface area contributed by atoms with Crippen molar-refractivity contribution in [1.29, 1.82) is 0 Å². The highest BCUT2D eigenvalue weighted by atomic mass is 31.2. The van der Waals surface area contributed by atoms with Crippen molar-refractivity contribution in [2.24, 2.45) is 0 Å². The van der Waals surface area contributed by atoms with Gasteiger partial charge in [-0.2, -0.15) is 0 Å². The average Bonchev–Trinajstić information content (AvgIpc) is 2.97. The topological polar surface area (TPSA) is 146 Å². The van der Waals surface area contributed by atoms with E-state index >= 15 is 0 Å². The van der Waals surface area contributed by atoms with Crippen LogP contribution in [-0.4, -0.2) is 65.0 Å². The van der Waals surface area contributed by atoms with Crippen LogP contribution in [0.15, 0.2) is 18.2 Å². The normalized spacial score (nSPS) is 18.0. The van der Waals surface area contributed by atoms with Crippen LogP contribution in [0.4, 0.5) is 20.6 Å². The molecule has 1 fully saturated rings. The van der Waals surface area contributed by atoms with Crippen LogP contribution in [-0.2, 0) is 23.4 Å². The standard InChI is InChI=1S/C16H21FN3O8P/c1-10(22)20(29(25,26)28-11(2)23)9-13-8-19(16(24)27-13)12-3-4-15(14(17)7-12)18-5-6-21/h3-4,7,13,18,21H,5-6,8-9H2,1-2H3,(H,25,26)/t13-/m1/s1. The Kier molecular flexibility index (Phi) is 7.17. The molecule has 1 aromatic carbocycles. The maximum atomic E-state index is 14.2. The third kappa shape index (κ3) is 5.66. The van der Waals surface area contributed by atoms with Crippen LogP contribution in [0.25, 0.3) is 0 Å². The summed E-state index contributed by atoms with van der Waals surface area (Å²) in [5.74, 6) is -2.58.